The van der Waals surface area contributed by atoms with Gasteiger partial charge in [-0.3, -0.25) is 0 Å². The zero-order valence-electron chi connectivity index (χ0n) is 13.5. The number of hydrogen-bond donors (Lipinski definition) is 1. The van der Waals surface area contributed by atoms with Crippen molar-refractivity contribution < 1.29 is 9.30 Å². The lowest BCUT2D eigenvalue weighted by Gasteiger charge is -2.02. The molecular weight excluding hydrogens is 272 g/mol. The topological polar surface area (TPSA) is 28.9 Å². The molecule has 0 amide bonds. The highest BCUT2D eigenvalue weighted by Gasteiger charge is 2.17. The average Bonchev–Trinajstić information content (AvgIpc) is 2.95. The van der Waals surface area contributed by atoms with E-state index in [1.165, 1.54) is 27.3 Å². The summed E-state index contributed by atoms with van der Waals surface area (Å²) in [6.45, 7) is 4.00. The maximum Gasteiger partial charge on any atom is 0.238 e. The van der Waals surface area contributed by atoms with Gasteiger partial charge in [0, 0.05) is 5.39 Å². The SMILES string of the molecule is CC.COc1ccc2cc3[nH]c4ccccc4c3[n+](C)c2c1. The molecule has 0 unspecified atom stereocenters. The third kappa shape index (κ3) is 2.10. The standard InChI is InChI=1S/C17H14N2O.C2H6/c1-19-16-10-12(20-2)8-7-11(16)9-15-17(19)13-5-3-4-6-14(13)18-15;1-2/h3-10H,1-2H3;1-2H3/p+1. The number of para-hydroxylation sites is 1. The zero-order valence-corrected chi connectivity index (χ0v) is 13.5. The van der Waals surface area contributed by atoms with Crippen molar-refractivity contribution in [1.82, 2.24) is 4.98 Å². The van der Waals surface area contributed by atoms with Crippen LogP contribution < -0.4 is 9.30 Å². The molecular formula is C19H21N2O+. The van der Waals surface area contributed by atoms with E-state index in [0.717, 1.165) is 11.3 Å². The summed E-state index contributed by atoms with van der Waals surface area (Å²) in [5.74, 6) is 0.882. The monoisotopic (exact) mass is 293 g/mol. The van der Waals surface area contributed by atoms with E-state index in [1.807, 2.05) is 19.9 Å². The number of nitrogens with zero attached hydrogens (tertiary/aromatic N) is 1. The summed E-state index contributed by atoms with van der Waals surface area (Å²) in [4.78, 5) is 3.49. The molecule has 0 atom stereocenters. The van der Waals surface area contributed by atoms with Crippen LogP contribution in [0.1, 0.15) is 13.8 Å². The second-order valence-corrected chi connectivity index (χ2v) is 5.06. The van der Waals surface area contributed by atoms with Gasteiger partial charge in [0.05, 0.1) is 24.1 Å². The summed E-state index contributed by atoms with van der Waals surface area (Å²) in [7, 11) is 3.80. The Morgan fingerprint density at radius 2 is 1.73 bits per heavy atom. The number of rotatable bonds is 1. The normalized spacial score (nSPS) is 10.7. The molecule has 4 rings (SSSR count). The van der Waals surface area contributed by atoms with Crippen LogP contribution in [0.3, 0.4) is 0 Å². The van der Waals surface area contributed by atoms with Crippen molar-refractivity contribution in [2.75, 3.05) is 7.11 Å². The number of H-pyrrole nitrogens is 1. The molecule has 2 aromatic carbocycles. The van der Waals surface area contributed by atoms with E-state index in [0.29, 0.717) is 0 Å². The Balaban J connectivity index is 0.000000693. The third-order valence-electron chi connectivity index (χ3n) is 3.94. The van der Waals surface area contributed by atoms with E-state index in [1.54, 1.807) is 7.11 Å². The Labute approximate surface area is 130 Å². The maximum atomic E-state index is 5.34. The lowest BCUT2D eigenvalue weighted by molar-refractivity contribution is -0.616. The van der Waals surface area contributed by atoms with Gasteiger partial charge in [0.25, 0.3) is 0 Å². The van der Waals surface area contributed by atoms with Crippen molar-refractivity contribution in [1.29, 1.82) is 0 Å². The Morgan fingerprint density at radius 1 is 0.955 bits per heavy atom. The van der Waals surface area contributed by atoms with Crippen LogP contribution in [-0.4, -0.2) is 12.1 Å². The highest BCUT2D eigenvalue weighted by atomic mass is 16.5. The largest absolute Gasteiger partial charge is 0.497 e. The second-order valence-electron chi connectivity index (χ2n) is 5.06. The molecule has 112 valence electrons. The number of fused-ring (bicyclic) bond motifs is 4. The summed E-state index contributed by atoms with van der Waals surface area (Å²) >= 11 is 0. The molecule has 0 radical (unpaired) electrons. The number of aryl methyl sites for hydroxylation is 1. The van der Waals surface area contributed by atoms with Gasteiger partial charge in [-0.1, -0.05) is 26.0 Å². The summed E-state index contributed by atoms with van der Waals surface area (Å²) in [5, 5.41) is 2.45. The first kappa shape index (κ1) is 14.4. The summed E-state index contributed by atoms with van der Waals surface area (Å²) < 4.78 is 7.57. The van der Waals surface area contributed by atoms with E-state index in [-0.39, 0.29) is 0 Å². The van der Waals surface area contributed by atoms with Gasteiger partial charge in [-0.2, -0.15) is 4.57 Å². The van der Waals surface area contributed by atoms with Crippen LogP contribution in [0.4, 0.5) is 0 Å². The van der Waals surface area contributed by atoms with Crippen molar-refractivity contribution in [3.63, 3.8) is 0 Å². The van der Waals surface area contributed by atoms with Crippen LogP contribution in [-0.2, 0) is 7.05 Å². The summed E-state index contributed by atoms with van der Waals surface area (Å²) in [6, 6.07) is 16.8. The van der Waals surface area contributed by atoms with Gasteiger partial charge in [-0.15, -0.1) is 0 Å². The van der Waals surface area contributed by atoms with E-state index in [4.69, 9.17) is 4.74 Å². The van der Waals surface area contributed by atoms with Crippen molar-refractivity contribution in [2.24, 2.45) is 7.05 Å². The fourth-order valence-electron chi connectivity index (χ4n) is 2.95. The number of aromatic nitrogens is 2. The molecule has 22 heavy (non-hydrogen) atoms. The number of nitrogens with one attached hydrogen (secondary N) is 1. The van der Waals surface area contributed by atoms with Gasteiger partial charge in [-0.25, -0.2) is 0 Å². The Hall–Kier alpha value is -2.55. The molecule has 2 aromatic heterocycles. The molecule has 0 bridgehead atoms. The van der Waals surface area contributed by atoms with Crippen LogP contribution >= 0.6 is 0 Å². The number of pyridine rings is 1. The quantitative estimate of drug-likeness (QED) is 0.520. The minimum atomic E-state index is 0.882. The first-order valence-corrected chi connectivity index (χ1v) is 7.65. The minimum Gasteiger partial charge on any atom is -0.497 e. The number of ether oxygens (including phenoxy) is 1. The number of aromatic amines is 1. The van der Waals surface area contributed by atoms with Gasteiger partial charge in [0.15, 0.2) is 0 Å². The fourth-order valence-corrected chi connectivity index (χ4v) is 2.95. The highest BCUT2D eigenvalue weighted by molar-refractivity contribution is 6.05. The molecule has 1 N–H and O–H groups in total. The molecule has 0 aliphatic carbocycles. The van der Waals surface area contributed by atoms with E-state index in [9.17, 15) is 0 Å². The van der Waals surface area contributed by atoms with Crippen LogP contribution in [0, 0.1) is 0 Å². The Kier molecular flexibility index (Phi) is 3.72. The van der Waals surface area contributed by atoms with Crippen LogP contribution in [0.5, 0.6) is 5.75 Å². The van der Waals surface area contributed by atoms with Crippen LogP contribution in [0.25, 0.3) is 32.8 Å². The van der Waals surface area contributed by atoms with Gasteiger partial charge in [0.1, 0.15) is 18.3 Å². The molecule has 0 saturated carbocycles. The van der Waals surface area contributed by atoms with Gasteiger partial charge >= 0.3 is 0 Å². The predicted octanol–water partition coefficient (Wildman–Crippen LogP) is 4.33. The number of hydrogen-bond acceptors (Lipinski definition) is 1. The zero-order chi connectivity index (χ0) is 15.7. The van der Waals surface area contributed by atoms with E-state index < -0.39 is 0 Å². The molecule has 3 nitrogen and oxygen atoms in total. The van der Waals surface area contributed by atoms with E-state index >= 15 is 0 Å². The average molecular weight is 293 g/mol. The second kappa shape index (κ2) is 5.68. The fraction of sp³-hybridized carbons (Fsp3) is 0.211. The summed E-state index contributed by atoms with van der Waals surface area (Å²) in [6.07, 6.45) is 0. The first-order chi connectivity index (χ1) is 10.8. The van der Waals surface area contributed by atoms with Gasteiger partial charge in [0.2, 0.25) is 11.0 Å². The lowest BCUT2D eigenvalue weighted by atomic mass is 10.1. The predicted molar refractivity (Wildman–Crippen MR) is 92.4 cm³/mol. The molecule has 0 fully saturated rings. The molecule has 0 spiro atoms. The molecule has 2 heterocycles. The molecule has 0 saturated heterocycles. The van der Waals surface area contributed by atoms with Crippen molar-refractivity contribution in [3.8, 4) is 5.75 Å². The minimum absolute atomic E-state index is 0.882. The van der Waals surface area contributed by atoms with Gasteiger partial charge < -0.3 is 9.72 Å². The molecule has 3 heteroatoms. The van der Waals surface area contributed by atoms with Crippen LogP contribution in [0.15, 0.2) is 48.5 Å². The van der Waals surface area contributed by atoms with Crippen molar-refractivity contribution in [2.45, 2.75) is 13.8 Å². The van der Waals surface area contributed by atoms with E-state index in [2.05, 4.69) is 59.1 Å². The summed E-state index contributed by atoms with van der Waals surface area (Å²) in [5.41, 5.74) is 4.72. The Bertz CT molecular complexity index is 954. The maximum absolute atomic E-state index is 5.34. The first-order valence-electron chi connectivity index (χ1n) is 7.65. The molecule has 4 aromatic rings. The van der Waals surface area contributed by atoms with Crippen molar-refractivity contribution >= 4 is 32.8 Å². The van der Waals surface area contributed by atoms with Crippen LogP contribution in [0.2, 0.25) is 0 Å². The molecule has 0 aliphatic rings. The smallest absolute Gasteiger partial charge is 0.238 e. The van der Waals surface area contributed by atoms with Gasteiger partial charge in [-0.05, 0) is 30.3 Å². The molecule has 0 aliphatic heterocycles. The highest BCUT2D eigenvalue weighted by Crippen LogP contribution is 2.26. The third-order valence-corrected chi connectivity index (χ3v) is 3.94. The van der Waals surface area contributed by atoms with Crippen molar-refractivity contribution in [3.05, 3.63) is 48.5 Å². The number of benzene rings is 2. The lowest BCUT2D eigenvalue weighted by Crippen LogP contribution is -2.29. The number of methoxy groups -OCH3 is 1. The Morgan fingerprint density at radius 3 is 2.50 bits per heavy atom.